The number of alkyl halides is 3. The van der Waals surface area contributed by atoms with Crippen LogP contribution in [0.2, 0.25) is 5.02 Å². The van der Waals surface area contributed by atoms with E-state index in [1.165, 1.54) is 0 Å². The van der Waals surface area contributed by atoms with Gasteiger partial charge in [0.05, 0.1) is 22.8 Å². The van der Waals surface area contributed by atoms with Crippen LogP contribution in [-0.4, -0.2) is 30.4 Å². The first kappa shape index (κ1) is 17.1. The van der Waals surface area contributed by atoms with Gasteiger partial charge in [0, 0.05) is 6.54 Å². The van der Waals surface area contributed by atoms with Gasteiger partial charge in [0.1, 0.15) is 0 Å². The van der Waals surface area contributed by atoms with Gasteiger partial charge >= 0.3 is 6.18 Å². The van der Waals surface area contributed by atoms with Gasteiger partial charge in [0.25, 0.3) is 0 Å². The van der Waals surface area contributed by atoms with Crippen LogP contribution in [0, 0.1) is 5.92 Å². The zero-order valence-corrected chi connectivity index (χ0v) is 13.0. The van der Waals surface area contributed by atoms with Crippen LogP contribution in [0.25, 0.3) is 0 Å². The number of halogens is 4. The molecule has 0 aromatic heterocycles. The minimum atomic E-state index is -4.47. The molecule has 7 heteroatoms. The highest BCUT2D eigenvalue weighted by atomic mass is 35.5. The first-order chi connectivity index (χ1) is 10.3. The highest BCUT2D eigenvalue weighted by Gasteiger charge is 2.31. The summed E-state index contributed by atoms with van der Waals surface area (Å²) in [7, 11) is 0. The SMILES string of the molecule is CC1CCCN(CC(=O)Nc2cc(C(F)(F)F)ccc2Cl)C1. The predicted molar refractivity (Wildman–Crippen MR) is 79.9 cm³/mol. The Hall–Kier alpha value is -1.27. The first-order valence-electron chi connectivity index (χ1n) is 7.14. The van der Waals surface area contributed by atoms with E-state index in [9.17, 15) is 18.0 Å². The van der Waals surface area contributed by atoms with Gasteiger partial charge in [-0.2, -0.15) is 13.2 Å². The lowest BCUT2D eigenvalue weighted by Gasteiger charge is -2.30. The van der Waals surface area contributed by atoms with Crippen molar-refractivity contribution < 1.29 is 18.0 Å². The molecule has 1 aromatic rings. The molecule has 1 atom stereocenters. The molecule has 1 saturated heterocycles. The average Bonchev–Trinajstić information content (AvgIpc) is 2.40. The molecule has 1 aliphatic rings. The number of amides is 1. The normalized spacial score (nSPS) is 20.0. The molecule has 122 valence electrons. The number of carbonyl (C=O) groups is 1. The molecule has 0 radical (unpaired) electrons. The summed E-state index contributed by atoms with van der Waals surface area (Å²) in [4.78, 5) is 14.0. The third kappa shape index (κ3) is 4.61. The van der Waals surface area contributed by atoms with Crippen LogP contribution in [-0.2, 0) is 11.0 Å². The lowest BCUT2D eigenvalue weighted by atomic mass is 10.0. The quantitative estimate of drug-likeness (QED) is 0.905. The van der Waals surface area contributed by atoms with Crippen molar-refractivity contribution in [3.05, 3.63) is 28.8 Å². The lowest BCUT2D eigenvalue weighted by molar-refractivity contribution is -0.137. The summed E-state index contributed by atoms with van der Waals surface area (Å²) in [6, 6.07) is 2.90. The molecule has 1 amide bonds. The summed E-state index contributed by atoms with van der Waals surface area (Å²) in [6.45, 7) is 3.93. The van der Waals surface area contributed by atoms with E-state index in [2.05, 4.69) is 12.2 Å². The van der Waals surface area contributed by atoms with Crippen molar-refractivity contribution in [1.29, 1.82) is 0 Å². The fraction of sp³-hybridized carbons (Fsp3) is 0.533. The number of likely N-dealkylation sites (tertiary alicyclic amines) is 1. The monoisotopic (exact) mass is 334 g/mol. The molecule has 1 unspecified atom stereocenters. The Morgan fingerprint density at radius 2 is 2.18 bits per heavy atom. The van der Waals surface area contributed by atoms with E-state index in [1.54, 1.807) is 0 Å². The van der Waals surface area contributed by atoms with Crippen LogP contribution in [0.5, 0.6) is 0 Å². The molecule has 1 heterocycles. The summed E-state index contributed by atoms with van der Waals surface area (Å²) < 4.78 is 38.1. The van der Waals surface area contributed by atoms with Gasteiger partial charge in [-0.1, -0.05) is 18.5 Å². The third-order valence-corrected chi connectivity index (χ3v) is 4.01. The number of nitrogens with zero attached hydrogens (tertiary/aromatic N) is 1. The van der Waals surface area contributed by atoms with E-state index >= 15 is 0 Å². The van der Waals surface area contributed by atoms with E-state index in [4.69, 9.17) is 11.6 Å². The van der Waals surface area contributed by atoms with Crippen LogP contribution >= 0.6 is 11.6 Å². The molecule has 0 bridgehead atoms. The van der Waals surface area contributed by atoms with Crippen LogP contribution < -0.4 is 5.32 Å². The molecule has 3 nitrogen and oxygen atoms in total. The summed E-state index contributed by atoms with van der Waals surface area (Å²) >= 11 is 5.86. The molecule has 0 spiro atoms. The summed E-state index contributed by atoms with van der Waals surface area (Å²) in [6.07, 6.45) is -2.30. The number of benzene rings is 1. The molecule has 1 aliphatic heterocycles. The van der Waals surface area contributed by atoms with E-state index in [-0.39, 0.29) is 23.2 Å². The van der Waals surface area contributed by atoms with E-state index in [0.717, 1.165) is 44.1 Å². The number of nitrogens with one attached hydrogen (secondary N) is 1. The Bertz CT molecular complexity index is 548. The fourth-order valence-corrected chi connectivity index (χ4v) is 2.79. The Balaban J connectivity index is 2.02. The minimum absolute atomic E-state index is 0.00782. The molecule has 0 aliphatic carbocycles. The Kier molecular flexibility index (Phi) is 5.34. The van der Waals surface area contributed by atoms with E-state index in [1.807, 2.05) is 4.90 Å². The standard InChI is InChI=1S/C15H18ClF3N2O/c1-10-3-2-6-21(8-10)9-14(22)20-13-7-11(15(17,18)19)4-5-12(13)16/h4-5,7,10H,2-3,6,8-9H2,1H3,(H,20,22). The van der Waals surface area contributed by atoms with Gasteiger partial charge in [-0.25, -0.2) is 0 Å². The second kappa shape index (κ2) is 6.87. The number of anilines is 1. The number of hydrogen-bond acceptors (Lipinski definition) is 2. The van der Waals surface area contributed by atoms with Gasteiger partial charge in [-0.3, -0.25) is 9.69 Å². The van der Waals surface area contributed by atoms with Crippen LogP contribution in [0.1, 0.15) is 25.3 Å². The zero-order chi connectivity index (χ0) is 16.3. The van der Waals surface area contributed by atoms with Crippen molar-refractivity contribution in [1.82, 2.24) is 4.90 Å². The number of rotatable bonds is 3. The maximum atomic E-state index is 12.7. The zero-order valence-electron chi connectivity index (χ0n) is 12.2. The van der Waals surface area contributed by atoms with Crippen molar-refractivity contribution in [3.8, 4) is 0 Å². The van der Waals surface area contributed by atoms with Gasteiger partial charge in [0.2, 0.25) is 5.91 Å². The van der Waals surface area contributed by atoms with Gasteiger partial charge in [-0.15, -0.1) is 0 Å². The van der Waals surface area contributed by atoms with Crippen LogP contribution in [0.4, 0.5) is 18.9 Å². The molecule has 0 saturated carbocycles. The molecule has 2 rings (SSSR count). The Morgan fingerprint density at radius 3 is 2.82 bits per heavy atom. The van der Waals surface area contributed by atoms with Gasteiger partial charge in [-0.05, 0) is 43.5 Å². The van der Waals surface area contributed by atoms with E-state index in [0.29, 0.717) is 5.92 Å². The molecular weight excluding hydrogens is 317 g/mol. The van der Waals surface area contributed by atoms with Crippen molar-refractivity contribution >= 4 is 23.2 Å². The van der Waals surface area contributed by atoms with Crippen LogP contribution in [0.3, 0.4) is 0 Å². The molecule has 22 heavy (non-hydrogen) atoms. The topological polar surface area (TPSA) is 32.3 Å². The number of piperidine rings is 1. The maximum absolute atomic E-state index is 12.7. The first-order valence-corrected chi connectivity index (χ1v) is 7.52. The predicted octanol–water partition coefficient (Wildman–Crippen LogP) is 4.03. The van der Waals surface area contributed by atoms with Crippen LogP contribution in [0.15, 0.2) is 18.2 Å². The van der Waals surface area contributed by atoms with Crippen molar-refractivity contribution in [2.45, 2.75) is 25.9 Å². The van der Waals surface area contributed by atoms with Crippen molar-refractivity contribution in [2.24, 2.45) is 5.92 Å². The second-order valence-electron chi connectivity index (χ2n) is 5.72. The maximum Gasteiger partial charge on any atom is 0.416 e. The average molecular weight is 335 g/mol. The highest BCUT2D eigenvalue weighted by Crippen LogP contribution is 2.33. The molecule has 1 N–H and O–H groups in total. The number of carbonyl (C=O) groups excluding carboxylic acids is 1. The summed E-state index contributed by atoms with van der Waals surface area (Å²) in [5.74, 6) is 0.175. The lowest BCUT2D eigenvalue weighted by Crippen LogP contribution is -2.39. The molecular formula is C15H18ClF3N2O. The van der Waals surface area contributed by atoms with Crippen molar-refractivity contribution in [3.63, 3.8) is 0 Å². The summed E-state index contributed by atoms with van der Waals surface area (Å²) in [5, 5.41) is 2.56. The Morgan fingerprint density at radius 1 is 1.45 bits per heavy atom. The summed E-state index contributed by atoms with van der Waals surface area (Å²) in [5.41, 5.74) is -0.842. The van der Waals surface area contributed by atoms with Crippen molar-refractivity contribution in [2.75, 3.05) is 25.0 Å². The largest absolute Gasteiger partial charge is 0.416 e. The Labute approximate surface area is 132 Å². The smallest absolute Gasteiger partial charge is 0.324 e. The fourth-order valence-electron chi connectivity index (χ4n) is 2.62. The minimum Gasteiger partial charge on any atom is -0.324 e. The number of hydrogen-bond donors (Lipinski definition) is 1. The third-order valence-electron chi connectivity index (χ3n) is 3.68. The second-order valence-corrected chi connectivity index (χ2v) is 6.13. The van der Waals surface area contributed by atoms with E-state index < -0.39 is 11.7 Å². The molecule has 1 aromatic carbocycles. The van der Waals surface area contributed by atoms with Gasteiger partial charge in [0.15, 0.2) is 0 Å². The van der Waals surface area contributed by atoms with Gasteiger partial charge < -0.3 is 5.32 Å². The molecule has 1 fully saturated rings. The highest BCUT2D eigenvalue weighted by molar-refractivity contribution is 6.33.